The molecule has 1 aliphatic rings. The number of hydrogen-bond donors (Lipinski definition) is 2. The lowest BCUT2D eigenvalue weighted by molar-refractivity contribution is -0.144. The molecule has 0 unspecified atom stereocenters. The molecule has 0 spiro atoms. The van der Waals surface area contributed by atoms with E-state index in [1.807, 2.05) is 43.3 Å². The summed E-state index contributed by atoms with van der Waals surface area (Å²) in [6, 6.07) is 21.8. The number of nitrogens with one attached hydrogen (secondary N) is 1. The number of carboxylic acids is 1. The maximum atomic E-state index is 13.2. The Morgan fingerprint density at radius 2 is 1.79 bits per heavy atom. The summed E-state index contributed by atoms with van der Waals surface area (Å²) >= 11 is 0. The lowest BCUT2D eigenvalue weighted by Crippen LogP contribution is -2.26. The Morgan fingerprint density at radius 1 is 1.03 bits per heavy atom. The number of carbonyl (C=O) groups excluding carboxylic acids is 1. The minimum atomic E-state index is -1.01. The van der Waals surface area contributed by atoms with Crippen LogP contribution in [-0.2, 0) is 11.3 Å². The molecule has 5 rings (SSSR count). The lowest BCUT2D eigenvalue weighted by atomic mass is 10.0. The zero-order chi connectivity index (χ0) is 27.0. The topological polar surface area (TPSA) is 80.6 Å². The number of aryl methyl sites for hydroxylation is 1. The molecule has 0 aliphatic heterocycles. The van der Waals surface area contributed by atoms with Crippen LogP contribution in [0.2, 0.25) is 0 Å². The zero-order valence-corrected chi connectivity index (χ0v) is 22.3. The Labute approximate surface area is 223 Å². The Balaban J connectivity index is 1.38. The van der Waals surface area contributed by atoms with Crippen LogP contribution in [0.3, 0.4) is 0 Å². The summed E-state index contributed by atoms with van der Waals surface area (Å²) < 4.78 is 7.91. The first kappa shape index (κ1) is 25.6. The third-order valence-electron chi connectivity index (χ3n) is 7.66. The van der Waals surface area contributed by atoms with Crippen molar-refractivity contribution in [3.8, 4) is 5.75 Å². The molecule has 2 atom stereocenters. The number of nitrogens with zero attached hydrogens (tertiary/aromatic N) is 1. The van der Waals surface area contributed by atoms with Gasteiger partial charge in [0.05, 0.1) is 12.6 Å². The number of ether oxygens (including phenoxy) is 1. The first-order valence-corrected chi connectivity index (χ1v) is 13.2. The van der Waals surface area contributed by atoms with E-state index in [1.54, 1.807) is 6.07 Å². The van der Waals surface area contributed by atoms with E-state index >= 15 is 0 Å². The van der Waals surface area contributed by atoms with E-state index in [0.717, 1.165) is 33.3 Å². The molecule has 196 valence electrons. The van der Waals surface area contributed by atoms with Crippen molar-refractivity contribution >= 4 is 22.8 Å². The van der Waals surface area contributed by atoms with Gasteiger partial charge >= 0.3 is 5.97 Å². The van der Waals surface area contributed by atoms with Crippen LogP contribution in [0.4, 0.5) is 0 Å². The molecule has 6 nitrogen and oxygen atoms in total. The van der Waals surface area contributed by atoms with Gasteiger partial charge in [0.2, 0.25) is 0 Å². The maximum absolute atomic E-state index is 13.2. The summed E-state index contributed by atoms with van der Waals surface area (Å²) in [6.45, 7) is 8.21. The first-order valence-electron chi connectivity index (χ1n) is 13.2. The summed E-state index contributed by atoms with van der Waals surface area (Å²) in [6.07, 6.45) is 1.56. The molecule has 1 aliphatic carbocycles. The molecule has 4 aromatic rings. The molecule has 1 saturated carbocycles. The second kappa shape index (κ2) is 10.4. The van der Waals surface area contributed by atoms with Gasteiger partial charge in [-0.3, -0.25) is 4.79 Å². The molecular formula is C32H34N2O4. The molecular weight excluding hydrogens is 476 g/mol. The van der Waals surface area contributed by atoms with E-state index in [9.17, 15) is 14.7 Å². The molecule has 6 heteroatoms. The van der Waals surface area contributed by atoms with Crippen LogP contribution < -0.4 is 10.1 Å². The Hall–Kier alpha value is -4.06. The number of carboxylic acid groups (broad SMARTS) is 1. The highest BCUT2D eigenvalue weighted by Gasteiger charge is 2.24. The normalized spacial score (nSPS) is 14.7. The van der Waals surface area contributed by atoms with Crippen molar-refractivity contribution in [2.75, 3.05) is 0 Å². The summed E-state index contributed by atoms with van der Waals surface area (Å²) in [7, 11) is 0. The highest BCUT2D eigenvalue weighted by atomic mass is 16.5. The molecule has 3 aromatic carbocycles. The van der Waals surface area contributed by atoms with Crippen molar-refractivity contribution in [1.82, 2.24) is 9.88 Å². The maximum Gasteiger partial charge on any atom is 0.344 e. The highest BCUT2D eigenvalue weighted by molar-refractivity contribution is 5.99. The van der Waals surface area contributed by atoms with Gasteiger partial charge in [-0.1, -0.05) is 42.5 Å². The Bertz CT molecular complexity index is 1520. The van der Waals surface area contributed by atoms with E-state index in [2.05, 4.69) is 48.0 Å². The smallest absolute Gasteiger partial charge is 0.344 e. The SMILES string of the molecule is Cc1c(C)n(Cc2ccccc2O[C@@H](C)C(=O)O)c2ccc(C(=O)N[C@@H](C)c3cccc(C4CC4)c3)cc12. The van der Waals surface area contributed by atoms with Gasteiger partial charge in [0.25, 0.3) is 5.91 Å². The first-order chi connectivity index (χ1) is 18.2. The fourth-order valence-corrected chi connectivity index (χ4v) is 5.02. The molecule has 0 bridgehead atoms. The minimum absolute atomic E-state index is 0.0889. The summed E-state index contributed by atoms with van der Waals surface area (Å²) in [4.78, 5) is 24.5. The zero-order valence-electron chi connectivity index (χ0n) is 22.3. The third-order valence-corrected chi connectivity index (χ3v) is 7.66. The van der Waals surface area contributed by atoms with Crippen molar-refractivity contribution in [3.63, 3.8) is 0 Å². The standard InChI is InChI=1S/C32H34N2O4/c1-19-21(3)34(18-27-8-5-6-11-30(27)38-22(4)32(36)37)29-15-14-26(17-28(19)29)31(35)33-20(2)24-9-7-10-25(16-24)23-12-13-23/h5-11,14-17,20,22-23H,12-13,18H2,1-4H3,(H,33,35)(H,36,37)/t20-,22-/m0/s1. The van der Waals surface area contributed by atoms with Gasteiger partial charge in [0.15, 0.2) is 6.10 Å². The number of rotatable bonds is 9. The van der Waals surface area contributed by atoms with Gasteiger partial charge in [-0.05, 0) is 87.4 Å². The second-order valence-electron chi connectivity index (χ2n) is 10.4. The van der Waals surface area contributed by atoms with E-state index in [1.165, 1.54) is 25.3 Å². The third kappa shape index (κ3) is 5.17. The Kier molecular flexibility index (Phi) is 6.98. The van der Waals surface area contributed by atoms with Crippen LogP contribution in [0.1, 0.15) is 77.0 Å². The quantitative estimate of drug-likeness (QED) is 0.268. The van der Waals surface area contributed by atoms with Crippen molar-refractivity contribution in [3.05, 3.63) is 100 Å². The van der Waals surface area contributed by atoms with Gasteiger partial charge in [-0.25, -0.2) is 4.79 Å². The molecule has 2 N–H and O–H groups in total. The molecule has 0 saturated heterocycles. The Morgan fingerprint density at radius 3 is 2.53 bits per heavy atom. The average molecular weight is 511 g/mol. The summed E-state index contributed by atoms with van der Waals surface area (Å²) in [5.74, 6) is 0.128. The largest absolute Gasteiger partial charge is 0.479 e. The van der Waals surface area contributed by atoms with Crippen molar-refractivity contribution < 1.29 is 19.4 Å². The molecule has 1 heterocycles. The van der Waals surface area contributed by atoms with E-state index in [4.69, 9.17) is 4.74 Å². The number of fused-ring (bicyclic) bond motifs is 1. The number of aliphatic carboxylic acids is 1. The van der Waals surface area contributed by atoms with Crippen LogP contribution >= 0.6 is 0 Å². The van der Waals surface area contributed by atoms with Gasteiger partial charge < -0.3 is 19.7 Å². The van der Waals surface area contributed by atoms with Crippen molar-refractivity contribution in [1.29, 1.82) is 0 Å². The summed E-state index contributed by atoms with van der Waals surface area (Å²) in [5.41, 5.74) is 7.22. The molecule has 1 amide bonds. The van der Waals surface area contributed by atoms with Crippen molar-refractivity contribution in [2.24, 2.45) is 0 Å². The highest BCUT2D eigenvalue weighted by Crippen LogP contribution is 2.40. The van der Waals surface area contributed by atoms with Crippen molar-refractivity contribution in [2.45, 2.75) is 65.1 Å². The molecule has 1 aromatic heterocycles. The number of carbonyl (C=O) groups is 2. The van der Waals surface area contributed by atoms with E-state index in [0.29, 0.717) is 23.8 Å². The van der Waals surface area contributed by atoms with Crippen LogP contribution in [0.5, 0.6) is 5.75 Å². The number of para-hydroxylation sites is 1. The number of benzene rings is 3. The molecule has 0 radical (unpaired) electrons. The van der Waals surface area contributed by atoms with E-state index in [-0.39, 0.29) is 11.9 Å². The predicted molar refractivity (Wildman–Crippen MR) is 149 cm³/mol. The van der Waals surface area contributed by atoms with E-state index < -0.39 is 12.1 Å². The van der Waals surface area contributed by atoms with Crippen LogP contribution in [0.15, 0.2) is 66.7 Å². The van der Waals surface area contributed by atoms with Crippen LogP contribution in [-0.4, -0.2) is 27.7 Å². The van der Waals surface area contributed by atoms with Gasteiger partial charge in [-0.15, -0.1) is 0 Å². The number of amides is 1. The second-order valence-corrected chi connectivity index (χ2v) is 10.4. The minimum Gasteiger partial charge on any atom is -0.479 e. The number of aromatic nitrogens is 1. The average Bonchev–Trinajstić information content (AvgIpc) is 3.74. The van der Waals surface area contributed by atoms with Gasteiger partial charge in [-0.2, -0.15) is 0 Å². The molecule has 1 fully saturated rings. The monoisotopic (exact) mass is 510 g/mol. The summed E-state index contributed by atoms with van der Waals surface area (Å²) in [5, 5.41) is 13.5. The van der Waals surface area contributed by atoms with Crippen LogP contribution in [0.25, 0.3) is 10.9 Å². The van der Waals surface area contributed by atoms with Gasteiger partial charge in [0, 0.05) is 27.7 Å². The predicted octanol–water partition coefficient (Wildman–Crippen LogP) is 6.53. The molecule has 38 heavy (non-hydrogen) atoms. The lowest BCUT2D eigenvalue weighted by Gasteiger charge is -2.17. The van der Waals surface area contributed by atoms with Gasteiger partial charge in [0.1, 0.15) is 5.75 Å². The number of hydrogen-bond acceptors (Lipinski definition) is 3. The van der Waals surface area contributed by atoms with Crippen LogP contribution in [0, 0.1) is 13.8 Å². The fourth-order valence-electron chi connectivity index (χ4n) is 5.02. The fraction of sp³-hybridized carbons (Fsp3) is 0.312.